The molecule has 0 amide bonds. The normalized spacial score (nSPS) is 42.0. The molecular weight excluding hydrogens is 532 g/mol. The second kappa shape index (κ2) is 20.9. The summed E-state index contributed by atoms with van der Waals surface area (Å²) in [6, 6.07) is 0. The summed E-state index contributed by atoms with van der Waals surface area (Å²) in [5.41, 5.74) is 1.52. The smallest absolute Gasteiger partial charge is 0.154 e. The zero-order valence-corrected chi connectivity index (χ0v) is 30.0. The fraction of sp³-hybridized carbons (Fsp3) is 1.00. The van der Waals surface area contributed by atoms with Gasteiger partial charge in [0.15, 0.2) is 12.6 Å². The van der Waals surface area contributed by atoms with Crippen molar-refractivity contribution in [3.8, 4) is 0 Å². The molecule has 7 rings (SSSR count). The highest BCUT2D eigenvalue weighted by Gasteiger charge is 2.43. The SMILES string of the molecule is C.CC12CCC(C)(CC1)CC2.CC1CCC(C)CC1.CC1CCC(C)CC1.CC1COC(C)OC1.CC1COC(C)OC1. The van der Waals surface area contributed by atoms with E-state index in [-0.39, 0.29) is 20.0 Å². The van der Waals surface area contributed by atoms with Gasteiger partial charge >= 0.3 is 0 Å². The lowest BCUT2D eigenvalue weighted by Gasteiger charge is -2.50. The van der Waals surface area contributed by atoms with Gasteiger partial charge in [-0.15, -0.1) is 0 Å². The largest absolute Gasteiger partial charge is 0.353 e. The summed E-state index contributed by atoms with van der Waals surface area (Å²) in [5, 5.41) is 0. The van der Waals surface area contributed by atoms with E-state index in [0.29, 0.717) is 11.8 Å². The first-order valence-electron chi connectivity index (χ1n) is 18.2. The summed E-state index contributed by atoms with van der Waals surface area (Å²) in [4.78, 5) is 0. The van der Waals surface area contributed by atoms with Crippen molar-refractivity contribution in [1.29, 1.82) is 0 Å². The van der Waals surface area contributed by atoms with Crippen LogP contribution in [0, 0.1) is 46.3 Å². The number of ether oxygens (including phenoxy) is 4. The Morgan fingerprint density at radius 3 is 0.698 bits per heavy atom. The predicted octanol–water partition coefficient (Wildman–Crippen LogP) is 11.7. The van der Waals surface area contributed by atoms with Gasteiger partial charge in [-0.05, 0) is 86.9 Å². The van der Waals surface area contributed by atoms with Gasteiger partial charge in [-0.2, -0.15) is 0 Å². The Labute approximate surface area is 270 Å². The van der Waals surface area contributed by atoms with Crippen molar-refractivity contribution in [2.24, 2.45) is 46.3 Å². The Kier molecular flexibility index (Phi) is 19.8. The fourth-order valence-corrected chi connectivity index (χ4v) is 6.81. The van der Waals surface area contributed by atoms with Crippen LogP contribution in [-0.4, -0.2) is 39.0 Å². The van der Waals surface area contributed by atoms with Gasteiger partial charge in [-0.3, -0.25) is 0 Å². The fourth-order valence-electron chi connectivity index (χ4n) is 6.81. The molecule has 0 aromatic heterocycles. The number of hydrogen-bond donors (Lipinski definition) is 0. The molecule has 0 aromatic rings. The molecule has 7 aliphatic rings. The predicted molar refractivity (Wildman–Crippen MR) is 185 cm³/mol. The Hall–Kier alpha value is -0.160. The topological polar surface area (TPSA) is 36.9 Å². The molecular formula is C39H78O4. The second-order valence-electron chi connectivity index (χ2n) is 16.5. The van der Waals surface area contributed by atoms with Gasteiger partial charge in [0.25, 0.3) is 0 Å². The minimum absolute atomic E-state index is 0. The molecule has 5 saturated carbocycles. The van der Waals surface area contributed by atoms with E-state index < -0.39 is 0 Å². The zero-order chi connectivity index (χ0) is 31.2. The summed E-state index contributed by atoms with van der Waals surface area (Å²) in [6.07, 6.45) is 20.8. The minimum Gasteiger partial charge on any atom is -0.353 e. The third kappa shape index (κ3) is 17.9. The monoisotopic (exact) mass is 611 g/mol. The third-order valence-electron chi connectivity index (χ3n) is 11.1. The number of hydrogen-bond acceptors (Lipinski definition) is 4. The lowest BCUT2D eigenvalue weighted by atomic mass is 9.55. The average Bonchev–Trinajstić information content (AvgIpc) is 2.97. The van der Waals surface area contributed by atoms with Crippen LogP contribution in [0.25, 0.3) is 0 Å². The molecule has 2 saturated heterocycles. The van der Waals surface area contributed by atoms with Crippen LogP contribution in [-0.2, 0) is 18.9 Å². The van der Waals surface area contributed by atoms with Gasteiger partial charge in [-0.1, -0.05) is 114 Å². The van der Waals surface area contributed by atoms with Gasteiger partial charge in [0, 0.05) is 11.8 Å². The first-order valence-corrected chi connectivity index (χ1v) is 18.2. The van der Waals surface area contributed by atoms with Crippen LogP contribution in [0.1, 0.15) is 167 Å². The van der Waals surface area contributed by atoms with Crippen LogP contribution in [0.2, 0.25) is 0 Å². The maximum absolute atomic E-state index is 5.17. The first kappa shape index (κ1) is 40.9. The van der Waals surface area contributed by atoms with E-state index in [1.807, 2.05) is 13.8 Å². The summed E-state index contributed by atoms with van der Waals surface area (Å²) in [6.45, 7) is 25.9. The van der Waals surface area contributed by atoms with Crippen molar-refractivity contribution >= 4 is 0 Å². The van der Waals surface area contributed by atoms with E-state index in [2.05, 4.69) is 55.4 Å². The summed E-state index contributed by atoms with van der Waals surface area (Å²) in [5.74, 6) is 5.23. The molecule has 258 valence electrons. The molecule has 0 atom stereocenters. The first-order chi connectivity index (χ1) is 19.8. The van der Waals surface area contributed by atoms with E-state index in [1.165, 1.54) is 89.9 Å². The number of rotatable bonds is 0. The molecule has 0 aromatic carbocycles. The van der Waals surface area contributed by atoms with Crippen LogP contribution >= 0.6 is 0 Å². The molecule has 0 spiro atoms. The van der Waals surface area contributed by atoms with Crippen LogP contribution in [0.15, 0.2) is 0 Å². The maximum Gasteiger partial charge on any atom is 0.154 e. The van der Waals surface area contributed by atoms with Gasteiger partial charge in [-0.25, -0.2) is 0 Å². The lowest BCUT2D eigenvalue weighted by Crippen LogP contribution is -2.37. The highest BCUT2D eigenvalue weighted by atomic mass is 16.7. The molecule has 2 bridgehead atoms. The molecule has 0 N–H and O–H groups in total. The van der Waals surface area contributed by atoms with Gasteiger partial charge in [0.05, 0.1) is 26.4 Å². The quantitative estimate of drug-likeness (QED) is 0.273. The Balaban J connectivity index is 0.000000268. The van der Waals surface area contributed by atoms with Crippen molar-refractivity contribution in [2.75, 3.05) is 26.4 Å². The molecule has 2 heterocycles. The van der Waals surface area contributed by atoms with E-state index in [9.17, 15) is 0 Å². The van der Waals surface area contributed by atoms with Crippen molar-refractivity contribution in [1.82, 2.24) is 0 Å². The Morgan fingerprint density at radius 1 is 0.349 bits per heavy atom. The van der Waals surface area contributed by atoms with Crippen LogP contribution < -0.4 is 0 Å². The number of fused-ring (bicyclic) bond motifs is 3. The van der Waals surface area contributed by atoms with Crippen LogP contribution in [0.3, 0.4) is 0 Å². The van der Waals surface area contributed by atoms with Crippen molar-refractivity contribution in [3.63, 3.8) is 0 Å². The van der Waals surface area contributed by atoms with Gasteiger partial charge in [0.1, 0.15) is 0 Å². The second-order valence-corrected chi connectivity index (χ2v) is 16.5. The molecule has 4 heteroatoms. The van der Waals surface area contributed by atoms with Crippen LogP contribution in [0.4, 0.5) is 0 Å². The van der Waals surface area contributed by atoms with E-state index in [1.54, 1.807) is 0 Å². The standard InChI is InChI=1S/C10H18.2C8H16.2C6H12O2.CH4/c1-9-3-6-10(2,7-4-9)8-5-9;2*1-7-3-5-8(2)6-4-7;2*1-5-3-7-6(2)8-4-5;/h3-8H2,1-2H3;2*7-8H,3-6H2,1-2H3;2*5-6H,3-4H2,1-2H3;1H4. The van der Waals surface area contributed by atoms with E-state index in [4.69, 9.17) is 18.9 Å². The molecule has 5 aliphatic carbocycles. The van der Waals surface area contributed by atoms with Crippen molar-refractivity contribution < 1.29 is 18.9 Å². The molecule has 7 fully saturated rings. The van der Waals surface area contributed by atoms with E-state index >= 15 is 0 Å². The van der Waals surface area contributed by atoms with E-state index in [0.717, 1.165) is 60.9 Å². The van der Waals surface area contributed by atoms with Gasteiger partial charge in [0.2, 0.25) is 0 Å². The third-order valence-corrected chi connectivity index (χ3v) is 11.1. The molecule has 0 unspecified atom stereocenters. The average molecular weight is 611 g/mol. The summed E-state index contributed by atoms with van der Waals surface area (Å²) >= 11 is 0. The molecule has 4 nitrogen and oxygen atoms in total. The lowest BCUT2D eigenvalue weighted by molar-refractivity contribution is -0.187. The highest BCUT2D eigenvalue weighted by molar-refractivity contribution is 4.94. The highest BCUT2D eigenvalue weighted by Crippen LogP contribution is 2.56. The molecule has 2 aliphatic heterocycles. The van der Waals surface area contributed by atoms with Crippen LogP contribution in [0.5, 0.6) is 0 Å². The van der Waals surface area contributed by atoms with Crippen molar-refractivity contribution in [3.05, 3.63) is 0 Å². The van der Waals surface area contributed by atoms with Crippen molar-refractivity contribution in [2.45, 2.75) is 179 Å². The minimum atomic E-state index is 0. The Morgan fingerprint density at radius 2 is 0.535 bits per heavy atom. The summed E-state index contributed by atoms with van der Waals surface area (Å²) < 4.78 is 20.7. The summed E-state index contributed by atoms with van der Waals surface area (Å²) in [7, 11) is 0. The molecule has 0 radical (unpaired) electrons. The maximum atomic E-state index is 5.17. The molecule has 43 heavy (non-hydrogen) atoms. The van der Waals surface area contributed by atoms with Gasteiger partial charge < -0.3 is 18.9 Å². The zero-order valence-electron chi connectivity index (χ0n) is 30.0. The Bertz CT molecular complexity index is 500.